The van der Waals surface area contributed by atoms with Crippen LogP contribution < -0.4 is 0 Å². The molecule has 5 nitrogen and oxygen atoms in total. The summed E-state index contributed by atoms with van der Waals surface area (Å²) in [4.78, 5) is 27.2. The van der Waals surface area contributed by atoms with Gasteiger partial charge in [0.05, 0.1) is 11.4 Å². The predicted molar refractivity (Wildman–Crippen MR) is 116 cm³/mol. The van der Waals surface area contributed by atoms with Crippen molar-refractivity contribution in [1.29, 1.82) is 0 Å². The van der Waals surface area contributed by atoms with E-state index in [0.29, 0.717) is 19.5 Å². The van der Waals surface area contributed by atoms with Crippen LogP contribution in [0, 0.1) is 0 Å². The van der Waals surface area contributed by atoms with E-state index >= 15 is 0 Å². The highest BCUT2D eigenvalue weighted by Gasteiger charge is 2.33. The molecule has 3 heterocycles. The highest BCUT2D eigenvalue weighted by molar-refractivity contribution is 5.81. The number of aromatic amines is 1. The molecule has 4 aromatic rings. The zero-order valence-electron chi connectivity index (χ0n) is 16.5. The lowest BCUT2D eigenvalue weighted by Gasteiger charge is -2.15. The zero-order chi connectivity index (χ0) is 20.3. The first kappa shape index (κ1) is 18.3. The number of likely N-dealkylation sites (tertiary alicyclic amines) is 1. The third kappa shape index (κ3) is 3.62. The number of carbonyl (C=O) groups is 1. The van der Waals surface area contributed by atoms with Crippen LogP contribution in [-0.4, -0.2) is 32.3 Å². The number of hydrogen-bond donors (Lipinski definition) is 1. The van der Waals surface area contributed by atoms with Gasteiger partial charge in [0.2, 0.25) is 5.91 Å². The number of aromatic nitrogens is 3. The fourth-order valence-electron chi connectivity index (χ4n) is 4.02. The number of H-pyrrole nitrogens is 1. The zero-order valence-corrected chi connectivity index (χ0v) is 16.5. The summed E-state index contributed by atoms with van der Waals surface area (Å²) in [6, 6.07) is 24.3. The molecule has 0 radical (unpaired) electrons. The summed E-state index contributed by atoms with van der Waals surface area (Å²) >= 11 is 0. The highest BCUT2D eigenvalue weighted by atomic mass is 16.2. The lowest BCUT2D eigenvalue weighted by Crippen LogP contribution is -2.24. The fourth-order valence-corrected chi connectivity index (χ4v) is 4.02. The normalized spacial score (nSPS) is 16.2. The van der Waals surface area contributed by atoms with Crippen molar-refractivity contribution >= 4 is 5.91 Å². The molecule has 5 rings (SSSR count). The molecule has 2 aromatic carbocycles. The second-order valence-electron chi connectivity index (χ2n) is 7.61. The van der Waals surface area contributed by atoms with Gasteiger partial charge in [0.25, 0.3) is 0 Å². The van der Waals surface area contributed by atoms with Gasteiger partial charge in [-0.3, -0.25) is 9.78 Å². The number of nitrogens with one attached hydrogen (secondary N) is 1. The Morgan fingerprint density at radius 3 is 2.37 bits per heavy atom. The van der Waals surface area contributed by atoms with Crippen LogP contribution in [0.1, 0.15) is 23.7 Å². The number of benzene rings is 2. The molecule has 148 valence electrons. The van der Waals surface area contributed by atoms with Gasteiger partial charge in [0.15, 0.2) is 0 Å². The molecular weight excluding hydrogens is 372 g/mol. The number of hydrogen-bond acceptors (Lipinski definition) is 3. The maximum Gasteiger partial charge on any atom is 0.223 e. The van der Waals surface area contributed by atoms with E-state index in [1.54, 1.807) is 6.20 Å². The Morgan fingerprint density at radius 1 is 0.933 bits per heavy atom. The average molecular weight is 394 g/mol. The van der Waals surface area contributed by atoms with E-state index in [2.05, 4.69) is 34.2 Å². The summed E-state index contributed by atoms with van der Waals surface area (Å²) in [6.07, 6.45) is 4.03. The minimum absolute atomic E-state index is 0.0501. The first-order valence-corrected chi connectivity index (χ1v) is 10.2. The lowest BCUT2D eigenvalue weighted by molar-refractivity contribution is -0.128. The summed E-state index contributed by atoms with van der Waals surface area (Å²) in [5.74, 6) is 1.08. The molecule has 0 aliphatic carbocycles. The van der Waals surface area contributed by atoms with Gasteiger partial charge < -0.3 is 9.88 Å². The van der Waals surface area contributed by atoms with Crippen molar-refractivity contribution in [2.75, 3.05) is 6.54 Å². The van der Waals surface area contributed by atoms with Crippen LogP contribution in [-0.2, 0) is 11.3 Å². The molecule has 1 aliphatic rings. The van der Waals surface area contributed by atoms with Crippen molar-refractivity contribution in [3.63, 3.8) is 0 Å². The summed E-state index contributed by atoms with van der Waals surface area (Å²) in [6.45, 7) is 1.24. The minimum atomic E-state index is 0.0501. The Hall–Kier alpha value is -3.73. The number of pyridine rings is 1. The standard InChI is InChI=1S/C25H22N4O/c30-22-14-21(17-29(22)16-18-8-7-13-26-15-18)25-27-23(19-9-3-1-4-10-19)24(28-25)20-11-5-2-6-12-20/h1-13,15,21H,14,16-17H2,(H,27,28). The van der Waals surface area contributed by atoms with E-state index in [1.165, 1.54) is 0 Å². The topological polar surface area (TPSA) is 61.9 Å². The Balaban J connectivity index is 1.46. The molecule has 1 atom stereocenters. The molecular formula is C25H22N4O. The van der Waals surface area contributed by atoms with Gasteiger partial charge in [0, 0.05) is 48.9 Å². The maximum absolute atomic E-state index is 12.7. The van der Waals surface area contributed by atoms with Gasteiger partial charge in [-0.1, -0.05) is 66.7 Å². The van der Waals surface area contributed by atoms with Crippen molar-refractivity contribution in [3.8, 4) is 22.5 Å². The van der Waals surface area contributed by atoms with Crippen LogP contribution in [0.2, 0.25) is 0 Å². The smallest absolute Gasteiger partial charge is 0.223 e. The van der Waals surface area contributed by atoms with E-state index < -0.39 is 0 Å². The molecule has 0 spiro atoms. The molecule has 1 unspecified atom stereocenters. The quantitative estimate of drug-likeness (QED) is 0.536. The lowest BCUT2D eigenvalue weighted by atomic mass is 10.1. The Morgan fingerprint density at radius 2 is 1.67 bits per heavy atom. The molecule has 1 aliphatic heterocycles. The maximum atomic E-state index is 12.7. The molecule has 1 saturated heterocycles. The van der Waals surface area contributed by atoms with Crippen molar-refractivity contribution in [2.45, 2.75) is 18.9 Å². The molecule has 30 heavy (non-hydrogen) atoms. The summed E-state index contributed by atoms with van der Waals surface area (Å²) in [7, 11) is 0. The van der Waals surface area contributed by atoms with Crippen LogP contribution in [0.25, 0.3) is 22.5 Å². The fraction of sp³-hybridized carbons (Fsp3) is 0.160. The van der Waals surface area contributed by atoms with Gasteiger partial charge in [-0.2, -0.15) is 0 Å². The molecule has 0 saturated carbocycles. The first-order valence-electron chi connectivity index (χ1n) is 10.2. The second kappa shape index (κ2) is 7.95. The van der Waals surface area contributed by atoms with E-state index in [0.717, 1.165) is 33.9 Å². The number of imidazole rings is 1. The summed E-state index contributed by atoms with van der Waals surface area (Å²) in [5.41, 5.74) is 5.12. The average Bonchev–Trinajstić information content (AvgIpc) is 3.40. The monoisotopic (exact) mass is 394 g/mol. The van der Waals surface area contributed by atoms with Gasteiger partial charge in [-0.15, -0.1) is 0 Å². The highest BCUT2D eigenvalue weighted by Crippen LogP contribution is 2.35. The molecule has 2 aromatic heterocycles. The minimum Gasteiger partial charge on any atom is -0.341 e. The van der Waals surface area contributed by atoms with Crippen molar-refractivity contribution < 1.29 is 4.79 Å². The molecule has 0 bridgehead atoms. The number of amides is 1. The first-order chi connectivity index (χ1) is 14.8. The van der Waals surface area contributed by atoms with E-state index in [1.807, 2.05) is 59.6 Å². The Bertz CT molecular complexity index is 1080. The van der Waals surface area contributed by atoms with E-state index in [9.17, 15) is 4.79 Å². The van der Waals surface area contributed by atoms with Crippen molar-refractivity contribution in [2.24, 2.45) is 0 Å². The second-order valence-corrected chi connectivity index (χ2v) is 7.61. The third-order valence-electron chi connectivity index (χ3n) is 5.53. The largest absolute Gasteiger partial charge is 0.341 e. The molecule has 1 N–H and O–H groups in total. The molecule has 5 heteroatoms. The van der Waals surface area contributed by atoms with Crippen LogP contribution in [0.15, 0.2) is 85.2 Å². The van der Waals surface area contributed by atoms with Gasteiger partial charge in [0.1, 0.15) is 5.82 Å². The van der Waals surface area contributed by atoms with E-state index in [4.69, 9.17) is 4.98 Å². The van der Waals surface area contributed by atoms with Gasteiger partial charge >= 0.3 is 0 Å². The van der Waals surface area contributed by atoms with Crippen molar-refractivity contribution in [3.05, 3.63) is 96.6 Å². The number of carbonyl (C=O) groups excluding carboxylic acids is 1. The predicted octanol–water partition coefficient (Wildman–Crippen LogP) is 4.65. The molecule has 1 amide bonds. The van der Waals surface area contributed by atoms with Crippen LogP contribution in [0.4, 0.5) is 0 Å². The van der Waals surface area contributed by atoms with Crippen LogP contribution >= 0.6 is 0 Å². The summed E-state index contributed by atoms with van der Waals surface area (Å²) < 4.78 is 0. The SMILES string of the molecule is O=C1CC(c2nc(-c3ccccc3)c(-c3ccccc3)[nH]2)CN1Cc1cccnc1. The van der Waals surface area contributed by atoms with Crippen molar-refractivity contribution in [1.82, 2.24) is 19.9 Å². The summed E-state index contributed by atoms with van der Waals surface area (Å²) in [5, 5.41) is 0. The van der Waals surface area contributed by atoms with Crippen LogP contribution in [0.3, 0.4) is 0 Å². The molecule has 1 fully saturated rings. The number of rotatable bonds is 5. The van der Waals surface area contributed by atoms with Crippen LogP contribution in [0.5, 0.6) is 0 Å². The Labute approximate surface area is 175 Å². The third-order valence-corrected chi connectivity index (χ3v) is 5.53. The van der Waals surface area contributed by atoms with E-state index in [-0.39, 0.29) is 11.8 Å². The number of nitrogens with zero attached hydrogens (tertiary/aromatic N) is 3. The Kier molecular flexibility index (Phi) is 4.85. The van der Waals surface area contributed by atoms with Gasteiger partial charge in [-0.05, 0) is 11.6 Å². The van der Waals surface area contributed by atoms with Gasteiger partial charge in [-0.25, -0.2) is 4.98 Å².